The summed E-state index contributed by atoms with van der Waals surface area (Å²) in [7, 11) is 3.37. The Morgan fingerprint density at radius 3 is 2.68 bits per heavy atom. The first-order chi connectivity index (χ1) is 13.5. The molecule has 0 aliphatic carbocycles. The van der Waals surface area contributed by atoms with E-state index in [-0.39, 0.29) is 11.5 Å². The van der Waals surface area contributed by atoms with Crippen molar-refractivity contribution in [1.82, 2.24) is 9.55 Å². The van der Waals surface area contributed by atoms with Crippen LogP contribution in [0.15, 0.2) is 59.3 Å². The summed E-state index contributed by atoms with van der Waals surface area (Å²) in [6, 6.07) is 10.3. The highest BCUT2D eigenvalue weighted by Gasteiger charge is 2.08. The molecule has 3 rings (SSSR count). The lowest BCUT2D eigenvalue weighted by Gasteiger charge is -2.07. The van der Waals surface area contributed by atoms with E-state index in [1.807, 2.05) is 17.8 Å². The quantitative estimate of drug-likeness (QED) is 0.434. The van der Waals surface area contributed by atoms with Crippen molar-refractivity contribution in [3.8, 4) is 17.2 Å². The highest BCUT2D eigenvalue weighted by molar-refractivity contribution is 9.10. The minimum atomic E-state index is -0.140. The Morgan fingerprint density at radius 2 is 2.04 bits per heavy atom. The molecule has 144 valence electrons. The summed E-state index contributed by atoms with van der Waals surface area (Å²) in [6.45, 7) is 0.355. The van der Waals surface area contributed by atoms with Gasteiger partial charge in [-0.2, -0.15) is 0 Å². The average molecular weight is 443 g/mol. The standard InChI is InChI=1S/C21H19BrN2O4/c1-24-10-9-23-20(24)13-28-16-6-4-15(5-7-16)18(25)8-3-14-11-17(22)21(26)19(12-14)27-2/h3-12,26H,13H2,1-2H3/b8-3+. The van der Waals surface area contributed by atoms with E-state index in [9.17, 15) is 9.90 Å². The summed E-state index contributed by atoms with van der Waals surface area (Å²) < 4.78 is 13.2. The first-order valence-electron chi connectivity index (χ1n) is 8.46. The van der Waals surface area contributed by atoms with Gasteiger partial charge in [0.15, 0.2) is 17.3 Å². The summed E-state index contributed by atoms with van der Waals surface area (Å²) in [5.74, 6) is 1.69. The summed E-state index contributed by atoms with van der Waals surface area (Å²) in [4.78, 5) is 16.6. The average Bonchev–Trinajstić information content (AvgIpc) is 3.12. The summed E-state index contributed by atoms with van der Waals surface area (Å²) in [5.41, 5.74) is 1.27. The lowest BCUT2D eigenvalue weighted by atomic mass is 10.1. The maximum absolute atomic E-state index is 12.4. The number of hydrogen-bond donors (Lipinski definition) is 1. The third kappa shape index (κ3) is 4.61. The van der Waals surface area contributed by atoms with Crippen molar-refractivity contribution in [2.75, 3.05) is 7.11 Å². The number of phenolic OH excluding ortho intramolecular Hbond substituents is 1. The van der Waals surface area contributed by atoms with Gasteiger partial charge in [0.1, 0.15) is 18.2 Å². The predicted octanol–water partition coefficient (Wildman–Crippen LogP) is 4.37. The van der Waals surface area contributed by atoms with E-state index in [2.05, 4.69) is 20.9 Å². The fourth-order valence-corrected chi connectivity index (χ4v) is 2.97. The number of carbonyl (C=O) groups excluding carboxylic acids is 1. The number of rotatable bonds is 7. The summed E-state index contributed by atoms with van der Waals surface area (Å²) >= 11 is 3.26. The number of benzene rings is 2. The van der Waals surface area contributed by atoms with E-state index in [1.54, 1.807) is 48.7 Å². The number of halogens is 1. The van der Waals surface area contributed by atoms with Gasteiger partial charge >= 0.3 is 0 Å². The van der Waals surface area contributed by atoms with Gasteiger partial charge in [0.05, 0.1) is 11.6 Å². The summed E-state index contributed by atoms with van der Waals surface area (Å²) in [5, 5.41) is 9.84. The molecule has 0 amide bonds. The van der Waals surface area contributed by atoms with Crippen molar-refractivity contribution in [2.24, 2.45) is 7.05 Å². The van der Waals surface area contributed by atoms with Gasteiger partial charge in [-0.15, -0.1) is 0 Å². The molecule has 1 N–H and O–H groups in total. The van der Waals surface area contributed by atoms with Crippen molar-refractivity contribution >= 4 is 27.8 Å². The Balaban J connectivity index is 1.65. The van der Waals surface area contributed by atoms with Crippen molar-refractivity contribution in [3.63, 3.8) is 0 Å². The van der Waals surface area contributed by atoms with Crippen LogP contribution in [0.25, 0.3) is 6.08 Å². The maximum atomic E-state index is 12.4. The fourth-order valence-electron chi connectivity index (χ4n) is 2.51. The Bertz CT molecular complexity index is 1010. The number of methoxy groups -OCH3 is 1. The van der Waals surface area contributed by atoms with Crippen LogP contribution >= 0.6 is 15.9 Å². The highest BCUT2D eigenvalue weighted by Crippen LogP contribution is 2.35. The molecule has 0 atom stereocenters. The van der Waals surface area contributed by atoms with Crippen molar-refractivity contribution in [3.05, 3.63) is 76.3 Å². The van der Waals surface area contributed by atoms with E-state index in [1.165, 1.54) is 13.2 Å². The molecule has 0 aliphatic rings. The zero-order valence-electron chi connectivity index (χ0n) is 15.4. The molecule has 1 aromatic heterocycles. The zero-order chi connectivity index (χ0) is 20.1. The van der Waals surface area contributed by atoms with Crippen LogP contribution in [0.1, 0.15) is 21.7 Å². The van der Waals surface area contributed by atoms with Gasteiger partial charge in [-0.3, -0.25) is 4.79 Å². The number of nitrogens with zero attached hydrogens (tertiary/aromatic N) is 2. The minimum Gasteiger partial charge on any atom is -0.503 e. The molecule has 0 saturated carbocycles. The minimum absolute atomic E-state index is 0.0205. The topological polar surface area (TPSA) is 73.6 Å². The van der Waals surface area contributed by atoms with Crippen molar-refractivity contribution in [1.29, 1.82) is 0 Å². The number of hydrogen-bond acceptors (Lipinski definition) is 5. The van der Waals surface area contributed by atoms with Crippen LogP contribution in [0.5, 0.6) is 17.2 Å². The van der Waals surface area contributed by atoms with E-state index in [0.717, 1.165) is 11.4 Å². The van der Waals surface area contributed by atoms with E-state index in [4.69, 9.17) is 9.47 Å². The monoisotopic (exact) mass is 442 g/mol. The molecule has 0 unspecified atom stereocenters. The Morgan fingerprint density at radius 1 is 1.29 bits per heavy atom. The Kier molecular flexibility index (Phi) is 6.16. The van der Waals surface area contributed by atoms with Gasteiger partial charge in [-0.25, -0.2) is 4.98 Å². The Hall–Kier alpha value is -3.06. The number of aromatic nitrogens is 2. The predicted molar refractivity (Wildman–Crippen MR) is 110 cm³/mol. The smallest absolute Gasteiger partial charge is 0.185 e. The Labute approximate surface area is 171 Å². The first-order valence-corrected chi connectivity index (χ1v) is 9.25. The van der Waals surface area contributed by atoms with E-state index >= 15 is 0 Å². The van der Waals surface area contributed by atoms with Crippen LogP contribution in [-0.4, -0.2) is 27.6 Å². The molecular formula is C21H19BrN2O4. The number of phenols is 1. The number of aryl methyl sites for hydroxylation is 1. The molecule has 2 aromatic carbocycles. The number of ether oxygens (including phenoxy) is 2. The van der Waals surface area contributed by atoms with Crippen molar-refractivity contribution in [2.45, 2.75) is 6.61 Å². The van der Waals surface area contributed by atoms with E-state index in [0.29, 0.717) is 28.1 Å². The second-order valence-corrected chi connectivity index (χ2v) is 6.87. The number of imidazole rings is 1. The van der Waals surface area contributed by atoms with Crippen LogP contribution in [0.3, 0.4) is 0 Å². The number of allylic oxidation sites excluding steroid dienone is 1. The SMILES string of the molecule is COc1cc(/C=C/C(=O)c2ccc(OCc3nccn3C)cc2)cc(Br)c1O. The summed E-state index contributed by atoms with van der Waals surface area (Å²) in [6.07, 6.45) is 6.71. The molecule has 0 saturated heterocycles. The lowest BCUT2D eigenvalue weighted by Crippen LogP contribution is -2.03. The lowest BCUT2D eigenvalue weighted by molar-refractivity contribution is 0.104. The molecule has 1 heterocycles. The van der Waals surface area contributed by atoms with Gasteiger partial charge in [0.2, 0.25) is 0 Å². The van der Waals surface area contributed by atoms with Crippen LogP contribution in [-0.2, 0) is 13.7 Å². The van der Waals surface area contributed by atoms with Gasteiger partial charge in [0.25, 0.3) is 0 Å². The first kappa shape index (κ1) is 19.7. The molecule has 0 bridgehead atoms. The molecule has 0 fully saturated rings. The van der Waals surface area contributed by atoms with Gasteiger partial charge in [-0.1, -0.05) is 6.08 Å². The van der Waals surface area contributed by atoms with E-state index < -0.39 is 0 Å². The molecule has 0 spiro atoms. The number of aromatic hydroxyl groups is 1. The zero-order valence-corrected chi connectivity index (χ0v) is 17.0. The largest absolute Gasteiger partial charge is 0.503 e. The van der Waals surface area contributed by atoms with Crippen LogP contribution in [0.2, 0.25) is 0 Å². The van der Waals surface area contributed by atoms with Crippen LogP contribution in [0, 0.1) is 0 Å². The molecule has 0 radical (unpaired) electrons. The maximum Gasteiger partial charge on any atom is 0.185 e. The molecule has 7 heteroatoms. The number of ketones is 1. The molecule has 28 heavy (non-hydrogen) atoms. The third-order valence-electron chi connectivity index (χ3n) is 4.13. The molecule has 3 aromatic rings. The highest BCUT2D eigenvalue weighted by atomic mass is 79.9. The fraction of sp³-hybridized carbons (Fsp3) is 0.143. The molecule has 0 aliphatic heterocycles. The molecular weight excluding hydrogens is 424 g/mol. The third-order valence-corrected chi connectivity index (χ3v) is 4.73. The second kappa shape index (κ2) is 8.75. The van der Waals surface area contributed by atoms with Gasteiger partial charge < -0.3 is 19.1 Å². The van der Waals surface area contributed by atoms with Crippen LogP contribution < -0.4 is 9.47 Å². The molecule has 6 nitrogen and oxygen atoms in total. The van der Waals surface area contributed by atoms with Crippen LogP contribution in [0.4, 0.5) is 0 Å². The number of carbonyl (C=O) groups is 1. The van der Waals surface area contributed by atoms with Crippen molar-refractivity contribution < 1.29 is 19.4 Å². The van der Waals surface area contributed by atoms with Gasteiger partial charge in [-0.05, 0) is 64.0 Å². The normalized spacial score (nSPS) is 11.0. The second-order valence-electron chi connectivity index (χ2n) is 6.02. The van der Waals surface area contributed by atoms with Gasteiger partial charge in [0, 0.05) is 25.0 Å².